The minimum atomic E-state index is -0.170. The van der Waals surface area contributed by atoms with E-state index in [1.807, 2.05) is 30.3 Å². The lowest BCUT2D eigenvalue weighted by atomic mass is 10.1. The van der Waals surface area contributed by atoms with Crippen LogP contribution in [0.4, 0.5) is 5.69 Å². The van der Waals surface area contributed by atoms with Crippen molar-refractivity contribution in [2.24, 2.45) is 4.99 Å². The summed E-state index contributed by atoms with van der Waals surface area (Å²) in [5.41, 5.74) is 2.35. The Labute approximate surface area is 117 Å². The van der Waals surface area contributed by atoms with Gasteiger partial charge in [-0.2, -0.15) is 0 Å². The Morgan fingerprint density at radius 2 is 1.90 bits per heavy atom. The van der Waals surface area contributed by atoms with E-state index >= 15 is 0 Å². The normalized spacial score (nSPS) is 13.4. The number of amides is 1. The molecule has 2 rings (SSSR count). The van der Waals surface area contributed by atoms with E-state index in [0.29, 0.717) is 12.0 Å². The van der Waals surface area contributed by atoms with Gasteiger partial charge in [0.05, 0.1) is 18.9 Å². The number of carbonyl (C=O) groups is 1. The van der Waals surface area contributed by atoms with Crippen LogP contribution in [0.3, 0.4) is 0 Å². The van der Waals surface area contributed by atoms with Crippen LogP contribution in [0.5, 0.6) is 0 Å². The maximum absolute atomic E-state index is 12.4. The summed E-state index contributed by atoms with van der Waals surface area (Å²) >= 11 is 0. The average Bonchev–Trinajstić information content (AvgIpc) is 2.68. The SMILES string of the molecule is O=C(C1=Cc2ccccc2N=CC1)N(CCO)CCO. The van der Waals surface area contributed by atoms with Gasteiger partial charge in [0, 0.05) is 36.9 Å². The molecule has 5 nitrogen and oxygen atoms in total. The number of carbonyl (C=O) groups excluding carboxylic acids is 1. The number of fused-ring (bicyclic) bond motifs is 1. The van der Waals surface area contributed by atoms with Gasteiger partial charge < -0.3 is 15.1 Å². The van der Waals surface area contributed by atoms with E-state index in [0.717, 1.165) is 11.3 Å². The van der Waals surface area contributed by atoms with Gasteiger partial charge in [-0.3, -0.25) is 9.79 Å². The molecule has 20 heavy (non-hydrogen) atoms. The highest BCUT2D eigenvalue weighted by molar-refractivity contribution is 6.02. The summed E-state index contributed by atoms with van der Waals surface area (Å²) < 4.78 is 0. The van der Waals surface area contributed by atoms with Crippen molar-refractivity contribution in [3.63, 3.8) is 0 Å². The summed E-state index contributed by atoms with van der Waals surface area (Å²) in [4.78, 5) is 18.2. The maximum atomic E-state index is 12.4. The topological polar surface area (TPSA) is 73.1 Å². The molecule has 1 aromatic rings. The number of benzene rings is 1. The van der Waals surface area contributed by atoms with Gasteiger partial charge in [-0.15, -0.1) is 0 Å². The zero-order valence-corrected chi connectivity index (χ0v) is 11.2. The molecule has 0 saturated carbocycles. The molecule has 0 atom stereocenters. The number of nitrogens with zero attached hydrogens (tertiary/aromatic N) is 2. The zero-order chi connectivity index (χ0) is 14.4. The summed E-state index contributed by atoms with van der Waals surface area (Å²) in [5.74, 6) is -0.170. The Bertz CT molecular complexity index is 532. The van der Waals surface area contributed by atoms with E-state index in [1.54, 1.807) is 6.21 Å². The molecule has 0 saturated heterocycles. The summed E-state index contributed by atoms with van der Waals surface area (Å²) in [5, 5.41) is 18.0. The second-order valence-electron chi connectivity index (χ2n) is 4.48. The molecule has 0 spiro atoms. The van der Waals surface area contributed by atoms with Gasteiger partial charge in [0.2, 0.25) is 5.91 Å². The molecule has 106 valence electrons. The third-order valence-electron chi connectivity index (χ3n) is 3.11. The summed E-state index contributed by atoms with van der Waals surface area (Å²) in [7, 11) is 0. The van der Waals surface area contributed by atoms with E-state index in [-0.39, 0.29) is 32.2 Å². The standard InChI is InChI=1S/C15H18N2O3/c18-9-7-17(8-10-19)15(20)13-5-6-16-14-4-2-1-3-12(14)11-13/h1-4,6,11,18-19H,5,7-10H2. The molecule has 2 N–H and O–H groups in total. The molecule has 5 heteroatoms. The molecule has 1 aromatic carbocycles. The lowest BCUT2D eigenvalue weighted by Gasteiger charge is -2.21. The van der Waals surface area contributed by atoms with E-state index < -0.39 is 0 Å². The highest BCUT2D eigenvalue weighted by Gasteiger charge is 2.18. The Balaban J connectivity index is 2.26. The van der Waals surface area contributed by atoms with Crippen LogP contribution in [0.1, 0.15) is 12.0 Å². The lowest BCUT2D eigenvalue weighted by Crippen LogP contribution is -2.36. The predicted octanol–water partition coefficient (Wildman–Crippen LogP) is 0.989. The van der Waals surface area contributed by atoms with Gasteiger partial charge in [0.15, 0.2) is 0 Å². The second kappa shape index (κ2) is 6.98. The van der Waals surface area contributed by atoms with Gasteiger partial charge in [-0.25, -0.2) is 0 Å². The average molecular weight is 274 g/mol. The van der Waals surface area contributed by atoms with Gasteiger partial charge in [-0.05, 0) is 12.1 Å². The van der Waals surface area contributed by atoms with E-state index in [9.17, 15) is 4.79 Å². The highest BCUT2D eigenvalue weighted by atomic mass is 16.3. The zero-order valence-electron chi connectivity index (χ0n) is 11.2. The third-order valence-corrected chi connectivity index (χ3v) is 3.11. The molecule has 0 unspecified atom stereocenters. The summed E-state index contributed by atoms with van der Waals surface area (Å²) in [6, 6.07) is 7.61. The van der Waals surface area contributed by atoms with Gasteiger partial charge in [0.25, 0.3) is 0 Å². The quantitative estimate of drug-likeness (QED) is 0.841. The van der Waals surface area contributed by atoms with Crippen molar-refractivity contribution in [3.05, 3.63) is 35.4 Å². The number of para-hydroxylation sites is 1. The minimum Gasteiger partial charge on any atom is -0.395 e. The monoisotopic (exact) mass is 274 g/mol. The molecule has 0 radical (unpaired) electrons. The van der Waals surface area contributed by atoms with Crippen LogP contribution < -0.4 is 0 Å². The first-order valence-electron chi connectivity index (χ1n) is 6.59. The number of rotatable bonds is 5. The van der Waals surface area contributed by atoms with Crippen LogP contribution in [0.25, 0.3) is 6.08 Å². The van der Waals surface area contributed by atoms with Gasteiger partial charge in [-0.1, -0.05) is 18.2 Å². The van der Waals surface area contributed by atoms with Crippen molar-refractivity contribution < 1.29 is 15.0 Å². The van der Waals surface area contributed by atoms with E-state index in [2.05, 4.69) is 4.99 Å². The lowest BCUT2D eigenvalue weighted by molar-refractivity contribution is -0.128. The fourth-order valence-corrected chi connectivity index (χ4v) is 2.12. The number of hydrogen-bond acceptors (Lipinski definition) is 4. The molecular formula is C15H18N2O3. The Hall–Kier alpha value is -1.98. The van der Waals surface area contributed by atoms with Crippen LogP contribution in [0.2, 0.25) is 0 Å². The first kappa shape index (κ1) is 14.4. The highest BCUT2D eigenvalue weighted by Crippen LogP contribution is 2.25. The fourth-order valence-electron chi connectivity index (χ4n) is 2.12. The molecule has 1 amide bonds. The van der Waals surface area contributed by atoms with E-state index in [4.69, 9.17) is 10.2 Å². The number of aliphatic imine (C=N–C) groups is 1. The van der Waals surface area contributed by atoms with Crippen molar-refractivity contribution in [2.75, 3.05) is 26.3 Å². The van der Waals surface area contributed by atoms with Gasteiger partial charge >= 0.3 is 0 Å². The molecular weight excluding hydrogens is 256 g/mol. The fraction of sp³-hybridized carbons (Fsp3) is 0.333. The molecule has 0 aromatic heterocycles. The van der Waals surface area contributed by atoms with Gasteiger partial charge in [0.1, 0.15) is 0 Å². The molecule has 0 fully saturated rings. The molecule has 0 bridgehead atoms. The van der Waals surface area contributed by atoms with Crippen molar-refractivity contribution in [2.45, 2.75) is 6.42 Å². The number of hydrogen-bond donors (Lipinski definition) is 2. The first-order chi connectivity index (χ1) is 9.76. The molecule has 0 aliphatic carbocycles. The maximum Gasteiger partial charge on any atom is 0.250 e. The molecule has 1 aliphatic rings. The molecule has 1 heterocycles. The van der Waals surface area contributed by atoms with Crippen LogP contribution >= 0.6 is 0 Å². The number of aliphatic hydroxyl groups is 2. The number of aliphatic hydroxyl groups excluding tert-OH is 2. The van der Waals surface area contributed by atoms with Crippen LogP contribution in [-0.4, -0.2) is 53.5 Å². The van der Waals surface area contributed by atoms with Crippen molar-refractivity contribution in [3.8, 4) is 0 Å². The summed E-state index contributed by atoms with van der Waals surface area (Å²) in [6.07, 6.45) is 3.99. The largest absolute Gasteiger partial charge is 0.395 e. The second-order valence-corrected chi connectivity index (χ2v) is 4.48. The van der Waals surface area contributed by atoms with Crippen LogP contribution in [-0.2, 0) is 4.79 Å². The minimum absolute atomic E-state index is 0.121. The third kappa shape index (κ3) is 3.31. The first-order valence-corrected chi connectivity index (χ1v) is 6.59. The van der Waals surface area contributed by atoms with E-state index in [1.165, 1.54) is 4.90 Å². The molecule has 1 aliphatic heterocycles. The smallest absolute Gasteiger partial charge is 0.250 e. The Kier molecular flexibility index (Phi) is 5.03. The summed E-state index contributed by atoms with van der Waals surface area (Å²) in [6.45, 7) is 0.193. The predicted molar refractivity (Wildman–Crippen MR) is 77.9 cm³/mol. The Morgan fingerprint density at radius 3 is 2.60 bits per heavy atom. The van der Waals surface area contributed by atoms with Crippen molar-refractivity contribution in [1.82, 2.24) is 4.90 Å². The van der Waals surface area contributed by atoms with Crippen molar-refractivity contribution in [1.29, 1.82) is 0 Å². The van der Waals surface area contributed by atoms with Crippen LogP contribution in [0, 0.1) is 0 Å². The Morgan fingerprint density at radius 1 is 1.20 bits per heavy atom. The van der Waals surface area contributed by atoms with Crippen LogP contribution in [0.15, 0.2) is 34.8 Å². The van der Waals surface area contributed by atoms with Crippen molar-refractivity contribution >= 4 is 23.9 Å².